The molecule has 1 aromatic rings. The monoisotopic (exact) mass is 239 g/mol. The summed E-state index contributed by atoms with van der Waals surface area (Å²) in [6.07, 6.45) is 4.70. The predicted molar refractivity (Wildman–Crippen MR) is 61.1 cm³/mol. The summed E-state index contributed by atoms with van der Waals surface area (Å²) in [5.41, 5.74) is 0. The summed E-state index contributed by atoms with van der Waals surface area (Å²) in [6.45, 7) is 3.25. The van der Waals surface area contributed by atoms with Crippen molar-refractivity contribution in [3.05, 3.63) is 30.4 Å². The van der Waals surface area contributed by atoms with Gasteiger partial charge in [0.05, 0.1) is 0 Å². The van der Waals surface area contributed by atoms with Crippen molar-refractivity contribution in [2.45, 2.75) is 24.7 Å². The average molecular weight is 239 g/mol. The maximum atomic E-state index is 12.2. The molecule has 0 spiro atoms. The highest BCUT2D eigenvalue weighted by atomic mass is 32.2. The van der Waals surface area contributed by atoms with Crippen molar-refractivity contribution < 1.29 is 8.42 Å². The molecule has 4 nitrogen and oxygen atoms in total. The minimum Gasteiger partial charge on any atom is -0.263 e. The average Bonchev–Trinajstić information content (AvgIpc) is 2.31. The second kappa shape index (κ2) is 4.51. The van der Waals surface area contributed by atoms with Gasteiger partial charge in [0, 0.05) is 25.5 Å². The molecule has 2 heterocycles. The van der Waals surface area contributed by atoms with E-state index in [1.54, 1.807) is 18.3 Å². The van der Waals surface area contributed by atoms with Gasteiger partial charge in [-0.2, -0.15) is 4.31 Å². The summed E-state index contributed by atoms with van der Waals surface area (Å²) in [6, 6.07) is 3.24. The molecular weight excluding hydrogens is 224 g/mol. The molecule has 5 heteroatoms. The summed E-state index contributed by atoms with van der Waals surface area (Å²) < 4.78 is 25.9. The number of sulfonamides is 1. The molecule has 0 aromatic carbocycles. The van der Waals surface area contributed by atoms with Crippen molar-refractivity contribution in [3.63, 3.8) is 0 Å². The first-order chi connectivity index (χ1) is 7.60. The highest BCUT2D eigenvalue weighted by Crippen LogP contribution is 2.23. The Kier molecular flexibility index (Phi) is 3.25. The molecule has 0 N–H and O–H groups in total. The molecule has 0 unspecified atom stereocenters. The summed E-state index contributed by atoms with van der Waals surface area (Å²) in [7, 11) is -3.33. The van der Waals surface area contributed by atoms with Crippen molar-refractivity contribution >= 4 is 10.0 Å². The van der Waals surface area contributed by atoms with Crippen LogP contribution in [-0.2, 0) is 10.0 Å². The van der Waals surface area contributed by atoms with Crippen LogP contribution in [0.2, 0.25) is 0 Å². The maximum absolute atomic E-state index is 12.2. The van der Waals surface area contributed by atoms with E-state index in [1.165, 1.54) is 16.4 Å². The van der Waals surface area contributed by atoms with Crippen LogP contribution in [0.15, 0.2) is 29.4 Å². The van der Waals surface area contributed by atoms with Crippen LogP contribution in [0.5, 0.6) is 0 Å². The summed E-state index contributed by atoms with van der Waals surface area (Å²) in [5, 5.41) is 0. The number of piperidine rings is 1. The minimum absolute atomic E-state index is 0.287. The van der Waals surface area contributed by atoms with Crippen LogP contribution in [-0.4, -0.2) is 30.8 Å². The van der Waals surface area contributed by atoms with E-state index in [2.05, 4.69) is 11.9 Å². The van der Waals surface area contributed by atoms with Crippen LogP contribution in [0.4, 0.5) is 0 Å². The molecule has 0 aliphatic carbocycles. The van der Waals surface area contributed by atoms with E-state index < -0.39 is 10.0 Å². The normalized spacial score (nSPS) is 19.8. The molecule has 1 saturated heterocycles. The van der Waals surface area contributed by atoms with E-state index in [0.717, 1.165) is 12.8 Å². The predicted octanol–water partition coefficient (Wildman–Crippen LogP) is 1.46. The summed E-state index contributed by atoms with van der Waals surface area (Å²) in [5.74, 6) is 1.37. The molecule has 1 aromatic heterocycles. The van der Waals surface area contributed by atoms with E-state index in [-0.39, 0.29) is 4.90 Å². The molecule has 16 heavy (non-hydrogen) atoms. The largest absolute Gasteiger partial charge is 0.263 e. The van der Waals surface area contributed by atoms with Gasteiger partial charge in [0.25, 0.3) is 0 Å². The van der Waals surface area contributed by atoms with Crippen molar-refractivity contribution in [1.29, 1.82) is 0 Å². The van der Waals surface area contributed by atoms with Gasteiger partial charge >= 0.3 is 0 Å². The van der Waals surface area contributed by atoms with E-state index in [9.17, 15) is 8.42 Å². The van der Waals surface area contributed by atoms with Crippen LogP contribution < -0.4 is 0 Å². The third-order valence-corrected chi connectivity index (χ3v) is 4.73. The van der Waals surface area contributed by atoms with Crippen molar-refractivity contribution in [1.82, 2.24) is 9.29 Å². The lowest BCUT2D eigenvalue weighted by Crippen LogP contribution is -2.37. The van der Waals surface area contributed by atoms with E-state index in [4.69, 9.17) is 0 Å². The minimum atomic E-state index is -3.33. The van der Waals surface area contributed by atoms with Gasteiger partial charge in [-0.05, 0) is 30.9 Å². The van der Waals surface area contributed by atoms with Gasteiger partial charge < -0.3 is 0 Å². The number of aromatic nitrogens is 1. The first-order valence-corrected chi connectivity index (χ1v) is 6.76. The Balaban J connectivity index is 2.20. The van der Waals surface area contributed by atoms with Gasteiger partial charge in [0.15, 0.2) is 0 Å². The van der Waals surface area contributed by atoms with Crippen LogP contribution in [0.25, 0.3) is 0 Å². The zero-order chi connectivity index (χ0) is 11.6. The fourth-order valence-corrected chi connectivity index (χ4v) is 3.16. The lowest BCUT2D eigenvalue weighted by atomic mass is 10.0. The smallest absolute Gasteiger partial charge is 0.244 e. The Bertz CT molecular complexity index is 436. The van der Waals surface area contributed by atoms with Gasteiger partial charge in [-0.1, -0.05) is 6.92 Å². The molecule has 0 bridgehead atoms. The highest BCUT2D eigenvalue weighted by Gasteiger charge is 2.27. The van der Waals surface area contributed by atoms with E-state index >= 15 is 0 Å². The molecule has 1 aliphatic heterocycles. The number of nitrogens with zero attached hydrogens (tertiary/aromatic N) is 2. The Morgan fingerprint density at radius 1 is 1.31 bits per heavy atom. The molecule has 87 valence electrons. The van der Waals surface area contributed by atoms with Gasteiger partial charge in [-0.3, -0.25) is 4.98 Å². The maximum Gasteiger partial charge on any atom is 0.244 e. The molecular formula is C11H15N2O2S. The molecule has 0 atom stereocenters. The fraction of sp³-hybridized carbons (Fsp3) is 0.455. The van der Waals surface area contributed by atoms with Crippen molar-refractivity contribution in [2.24, 2.45) is 0 Å². The van der Waals surface area contributed by atoms with Gasteiger partial charge in [-0.15, -0.1) is 0 Å². The van der Waals surface area contributed by atoms with Gasteiger partial charge in [0.2, 0.25) is 10.0 Å². The zero-order valence-electron chi connectivity index (χ0n) is 9.26. The number of hydrogen-bond donors (Lipinski definition) is 0. The summed E-state index contributed by atoms with van der Waals surface area (Å²) in [4.78, 5) is 4.14. The third-order valence-electron chi connectivity index (χ3n) is 2.85. The number of rotatable bonds is 2. The van der Waals surface area contributed by atoms with Crippen molar-refractivity contribution in [2.75, 3.05) is 13.1 Å². The quantitative estimate of drug-likeness (QED) is 0.785. The van der Waals surface area contributed by atoms with Crippen molar-refractivity contribution in [3.8, 4) is 0 Å². The highest BCUT2D eigenvalue weighted by molar-refractivity contribution is 7.89. The molecule has 0 amide bonds. The third kappa shape index (κ3) is 2.25. The molecule has 2 rings (SSSR count). The second-order valence-electron chi connectivity index (χ2n) is 4.05. The van der Waals surface area contributed by atoms with E-state index in [0.29, 0.717) is 13.1 Å². The zero-order valence-corrected chi connectivity index (χ0v) is 10.1. The molecule has 0 saturated carbocycles. The second-order valence-corrected chi connectivity index (χ2v) is 5.99. The Labute approximate surface area is 96.4 Å². The Hall–Kier alpha value is -0.940. The Morgan fingerprint density at radius 3 is 2.56 bits per heavy atom. The Morgan fingerprint density at radius 2 is 2.00 bits per heavy atom. The standard InChI is InChI=1S/C11H15N2O2S/c1-10-4-7-13(8-5-10)16(14,15)11-3-2-6-12-9-11/h2-3,6,9H,4-5,7-8H2,1H3. The topological polar surface area (TPSA) is 50.3 Å². The van der Waals surface area contributed by atoms with E-state index in [1.807, 2.05) is 0 Å². The number of hydrogen-bond acceptors (Lipinski definition) is 3. The molecule has 1 aliphatic rings. The first kappa shape index (κ1) is 11.5. The SMILES string of the molecule is C[C]1CCN(S(=O)(=O)c2cccnc2)CC1. The fourth-order valence-electron chi connectivity index (χ4n) is 1.76. The van der Waals surface area contributed by atoms with Crippen LogP contribution in [0.3, 0.4) is 0 Å². The first-order valence-electron chi connectivity index (χ1n) is 5.32. The summed E-state index contributed by atoms with van der Waals surface area (Å²) >= 11 is 0. The lowest BCUT2D eigenvalue weighted by Gasteiger charge is -2.28. The molecule has 1 radical (unpaired) electrons. The van der Waals surface area contributed by atoms with Crippen LogP contribution in [0, 0.1) is 5.92 Å². The van der Waals surface area contributed by atoms with Gasteiger partial charge in [-0.25, -0.2) is 8.42 Å². The lowest BCUT2D eigenvalue weighted by molar-refractivity contribution is 0.364. The molecule has 1 fully saturated rings. The van der Waals surface area contributed by atoms with Gasteiger partial charge in [0.1, 0.15) is 4.90 Å². The van der Waals surface area contributed by atoms with Crippen LogP contribution in [0.1, 0.15) is 19.8 Å². The number of pyridine rings is 1. The van der Waals surface area contributed by atoms with Crippen LogP contribution >= 0.6 is 0 Å².